The molecule has 1 nitrogen and oxygen atoms in total. The Morgan fingerprint density at radius 2 is 1.76 bits per heavy atom. The van der Waals surface area contributed by atoms with E-state index in [1.165, 1.54) is 27.6 Å². The summed E-state index contributed by atoms with van der Waals surface area (Å²) in [5.41, 5.74) is 4.16. The van der Waals surface area contributed by atoms with Crippen LogP contribution in [0.3, 0.4) is 0 Å². The molecule has 0 aromatic heterocycles. The minimum Gasteiger partial charge on any atom is -0.316 e. The van der Waals surface area contributed by atoms with Gasteiger partial charge in [0.2, 0.25) is 0 Å². The zero-order valence-corrected chi connectivity index (χ0v) is 15.2. The van der Waals surface area contributed by atoms with Crippen molar-refractivity contribution in [1.29, 1.82) is 0 Å². The van der Waals surface area contributed by atoms with Crippen LogP contribution in [-0.4, -0.2) is 13.1 Å². The molecule has 0 aliphatic carbocycles. The number of piperidine rings is 1. The van der Waals surface area contributed by atoms with Gasteiger partial charge in [-0.3, -0.25) is 0 Å². The molecular weight excluding hydrogens is 390 g/mol. The number of benzene rings is 2. The highest BCUT2D eigenvalue weighted by Crippen LogP contribution is 2.40. The van der Waals surface area contributed by atoms with Gasteiger partial charge in [0.25, 0.3) is 0 Å². The van der Waals surface area contributed by atoms with E-state index < -0.39 is 0 Å². The van der Waals surface area contributed by atoms with E-state index in [0.717, 1.165) is 17.6 Å². The summed E-state index contributed by atoms with van der Waals surface area (Å²) in [6.07, 6.45) is 1.18. The Labute approximate surface area is 143 Å². The molecule has 1 saturated heterocycles. The van der Waals surface area contributed by atoms with E-state index >= 15 is 0 Å². The topological polar surface area (TPSA) is 12.0 Å². The molecule has 0 radical (unpaired) electrons. The van der Waals surface area contributed by atoms with Crippen LogP contribution in [-0.2, 0) is 0 Å². The normalized spacial score (nSPS) is 22.2. The van der Waals surface area contributed by atoms with Crippen LogP contribution in [0.2, 0.25) is 0 Å². The molecule has 21 heavy (non-hydrogen) atoms. The van der Waals surface area contributed by atoms with Gasteiger partial charge >= 0.3 is 0 Å². The summed E-state index contributed by atoms with van der Waals surface area (Å²) in [6.45, 7) is 4.29. The first kappa shape index (κ1) is 15.3. The van der Waals surface area contributed by atoms with Gasteiger partial charge in [-0.05, 0) is 60.7 Å². The van der Waals surface area contributed by atoms with Gasteiger partial charge in [0.15, 0.2) is 0 Å². The molecule has 1 heterocycles. The maximum absolute atomic E-state index is 3.77. The van der Waals surface area contributed by atoms with Gasteiger partial charge in [0, 0.05) is 21.4 Å². The van der Waals surface area contributed by atoms with Crippen LogP contribution in [0.5, 0.6) is 0 Å². The average Bonchev–Trinajstić information content (AvgIpc) is 2.48. The van der Waals surface area contributed by atoms with Crippen LogP contribution >= 0.6 is 31.9 Å². The minimum absolute atomic E-state index is 0.533. The summed E-state index contributed by atoms with van der Waals surface area (Å²) in [5, 5.41) is 3.55. The molecule has 110 valence electrons. The second-order valence-electron chi connectivity index (χ2n) is 5.78. The standard InChI is InChI=1S/C18H19Br2N/c1-12-2-7-16(18(20)10-12)15-8-9-21-11-17(15)13-3-5-14(19)6-4-13/h2-7,10,15,17,21H,8-9,11H2,1H3. The fourth-order valence-electron chi connectivity index (χ4n) is 3.22. The van der Waals surface area contributed by atoms with Crippen molar-refractivity contribution in [3.05, 3.63) is 68.1 Å². The predicted molar refractivity (Wildman–Crippen MR) is 96.0 cm³/mol. The molecule has 0 saturated carbocycles. The first-order chi connectivity index (χ1) is 10.1. The lowest BCUT2D eigenvalue weighted by Gasteiger charge is -2.33. The number of aryl methyl sites for hydroxylation is 1. The third-order valence-electron chi connectivity index (χ3n) is 4.34. The van der Waals surface area contributed by atoms with Gasteiger partial charge in [-0.1, -0.05) is 56.1 Å². The Morgan fingerprint density at radius 3 is 2.48 bits per heavy atom. The smallest absolute Gasteiger partial charge is 0.0212 e. The SMILES string of the molecule is Cc1ccc(C2CCNCC2c2ccc(Br)cc2)c(Br)c1. The van der Waals surface area contributed by atoms with E-state index in [-0.39, 0.29) is 0 Å². The Hall–Kier alpha value is -0.640. The monoisotopic (exact) mass is 407 g/mol. The second kappa shape index (κ2) is 6.64. The number of hydrogen-bond acceptors (Lipinski definition) is 1. The summed E-state index contributed by atoms with van der Waals surface area (Å²) in [7, 11) is 0. The molecule has 3 rings (SSSR count). The van der Waals surface area contributed by atoms with Gasteiger partial charge in [-0.2, -0.15) is 0 Å². The molecule has 2 aromatic carbocycles. The molecule has 1 fully saturated rings. The Kier molecular flexibility index (Phi) is 4.82. The maximum Gasteiger partial charge on any atom is 0.0212 e. The van der Waals surface area contributed by atoms with E-state index in [2.05, 4.69) is 86.6 Å². The van der Waals surface area contributed by atoms with Crippen LogP contribution in [0.25, 0.3) is 0 Å². The van der Waals surface area contributed by atoms with Crippen LogP contribution in [0, 0.1) is 6.92 Å². The highest BCUT2D eigenvalue weighted by Gasteiger charge is 2.28. The molecule has 0 spiro atoms. The zero-order chi connectivity index (χ0) is 14.8. The maximum atomic E-state index is 3.77. The lowest BCUT2D eigenvalue weighted by molar-refractivity contribution is 0.403. The Morgan fingerprint density at radius 1 is 1.00 bits per heavy atom. The lowest BCUT2D eigenvalue weighted by atomic mass is 9.77. The highest BCUT2D eigenvalue weighted by atomic mass is 79.9. The number of rotatable bonds is 2. The number of halogens is 2. The van der Waals surface area contributed by atoms with Crippen molar-refractivity contribution in [1.82, 2.24) is 5.32 Å². The summed E-state index contributed by atoms with van der Waals surface area (Å²) in [5.74, 6) is 1.10. The van der Waals surface area contributed by atoms with Crippen LogP contribution in [0.15, 0.2) is 51.4 Å². The van der Waals surface area contributed by atoms with Crippen molar-refractivity contribution in [3.63, 3.8) is 0 Å². The van der Waals surface area contributed by atoms with Crippen molar-refractivity contribution in [3.8, 4) is 0 Å². The fraction of sp³-hybridized carbons (Fsp3) is 0.333. The molecule has 1 aliphatic rings. The zero-order valence-electron chi connectivity index (χ0n) is 12.1. The average molecular weight is 409 g/mol. The molecular formula is C18H19Br2N. The van der Waals surface area contributed by atoms with E-state index in [9.17, 15) is 0 Å². The Balaban J connectivity index is 1.96. The van der Waals surface area contributed by atoms with Crippen molar-refractivity contribution >= 4 is 31.9 Å². The van der Waals surface area contributed by atoms with E-state index in [1.54, 1.807) is 0 Å². The van der Waals surface area contributed by atoms with Crippen molar-refractivity contribution < 1.29 is 0 Å². The van der Waals surface area contributed by atoms with Crippen molar-refractivity contribution in [2.75, 3.05) is 13.1 Å². The quantitative estimate of drug-likeness (QED) is 0.703. The van der Waals surface area contributed by atoms with Gasteiger partial charge < -0.3 is 5.32 Å². The van der Waals surface area contributed by atoms with Crippen LogP contribution in [0.4, 0.5) is 0 Å². The van der Waals surface area contributed by atoms with Crippen molar-refractivity contribution in [2.24, 2.45) is 0 Å². The summed E-state index contributed by atoms with van der Waals surface area (Å²) in [6, 6.07) is 15.5. The first-order valence-corrected chi connectivity index (χ1v) is 8.96. The molecule has 3 heteroatoms. The summed E-state index contributed by atoms with van der Waals surface area (Å²) >= 11 is 7.29. The molecule has 0 bridgehead atoms. The van der Waals surface area contributed by atoms with Gasteiger partial charge in [-0.25, -0.2) is 0 Å². The van der Waals surface area contributed by atoms with Crippen LogP contribution < -0.4 is 5.32 Å². The Bertz CT molecular complexity index is 622. The molecule has 0 amide bonds. The molecule has 2 aromatic rings. The molecule has 1 aliphatic heterocycles. The minimum atomic E-state index is 0.533. The molecule has 2 unspecified atom stereocenters. The molecule has 1 N–H and O–H groups in total. The van der Waals surface area contributed by atoms with Gasteiger partial charge in [-0.15, -0.1) is 0 Å². The summed E-state index contributed by atoms with van der Waals surface area (Å²) < 4.78 is 2.39. The van der Waals surface area contributed by atoms with Crippen molar-refractivity contribution in [2.45, 2.75) is 25.2 Å². The van der Waals surface area contributed by atoms with Gasteiger partial charge in [0.1, 0.15) is 0 Å². The van der Waals surface area contributed by atoms with Crippen LogP contribution in [0.1, 0.15) is 34.9 Å². The number of hydrogen-bond donors (Lipinski definition) is 1. The molecule has 2 atom stereocenters. The lowest BCUT2D eigenvalue weighted by Crippen LogP contribution is -2.34. The van der Waals surface area contributed by atoms with E-state index in [4.69, 9.17) is 0 Å². The largest absolute Gasteiger partial charge is 0.316 e. The second-order valence-corrected chi connectivity index (χ2v) is 7.55. The van der Waals surface area contributed by atoms with E-state index in [1.807, 2.05) is 0 Å². The predicted octanol–water partition coefficient (Wildman–Crippen LogP) is 5.38. The number of nitrogens with one attached hydrogen (secondary N) is 1. The van der Waals surface area contributed by atoms with Gasteiger partial charge in [0.05, 0.1) is 0 Å². The highest BCUT2D eigenvalue weighted by molar-refractivity contribution is 9.10. The van der Waals surface area contributed by atoms with E-state index in [0.29, 0.717) is 11.8 Å². The third kappa shape index (κ3) is 3.41. The first-order valence-electron chi connectivity index (χ1n) is 7.37. The fourth-order valence-corrected chi connectivity index (χ4v) is 4.28. The third-order valence-corrected chi connectivity index (χ3v) is 5.55. The summed E-state index contributed by atoms with van der Waals surface area (Å²) in [4.78, 5) is 0.